The quantitative estimate of drug-likeness (QED) is 0.769. The maximum Gasteiger partial charge on any atom is 0.122 e. The molecule has 2 unspecified atom stereocenters. The molecule has 2 atom stereocenters. The molecule has 0 aromatic heterocycles. The van der Waals surface area contributed by atoms with E-state index < -0.39 is 13.1 Å². The molecular weight excluding hydrogens is 190 g/mol. The summed E-state index contributed by atoms with van der Waals surface area (Å²) in [7, 11) is -2.47. The molecule has 2 N–H and O–H groups in total. The second kappa shape index (κ2) is 4.64. The summed E-state index contributed by atoms with van der Waals surface area (Å²) >= 11 is 0. The normalized spacial score (nSPS) is 30.1. The smallest absolute Gasteiger partial charge is 0.122 e. The van der Waals surface area contributed by atoms with E-state index in [2.05, 4.69) is 5.32 Å². The Kier molecular flexibility index (Phi) is 2.24. The highest BCUT2D eigenvalue weighted by Crippen LogP contribution is 2.30. The molecule has 0 aliphatic carbocycles. The van der Waals surface area contributed by atoms with Gasteiger partial charge in [0.1, 0.15) is 5.75 Å². The Morgan fingerprint density at radius 3 is 3.20 bits per heavy atom. The van der Waals surface area contributed by atoms with Gasteiger partial charge in [0.25, 0.3) is 0 Å². The van der Waals surface area contributed by atoms with Crippen molar-refractivity contribution >= 4 is 0 Å². The lowest BCUT2D eigenvalue weighted by Crippen LogP contribution is -2.38. The fraction of sp³-hybridized carbons (Fsp3) is 0.500. The van der Waals surface area contributed by atoms with E-state index in [1.54, 1.807) is 12.1 Å². The number of aliphatic hydroxyl groups is 1. The zero-order chi connectivity index (χ0) is 13.2. The lowest BCUT2D eigenvalue weighted by molar-refractivity contribution is 0.113. The number of ether oxygens (including phenoxy) is 1. The van der Waals surface area contributed by atoms with Gasteiger partial charge in [-0.25, -0.2) is 0 Å². The van der Waals surface area contributed by atoms with Crippen LogP contribution in [0.15, 0.2) is 24.3 Å². The third kappa shape index (κ3) is 2.13. The van der Waals surface area contributed by atoms with E-state index >= 15 is 0 Å². The number of benzene rings is 1. The number of piperidine rings is 1. The topological polar surface area (TPSA) is 41.5 Å². The molecule has 0 amide bonds. The van der Waals surface area contributed by atoms with Crippen LogP contribution in [-0.4, -0.2) is 31.3 Å². The van der Waals surface area contributed by atoms with E-state index in [1.807, 2.05) is 12.1 Å². The Bertz CT molecular complexity index is 409. The van der Waals surface area contributed by atoms with Crippen LogP contribution in [0.5, 0.6) is 5.75 Å². The maximum absolute atomic E-state index is 10.0. The molecule has 1 heterocycles. The first kappa shape index (κ1) is 7.25. The second-order valence-corrected chi connectivity index (χ2v) is 3.81. The van der Waals surface area contributed by atoms with Crippen molar-refractivity contribution in [2.24, 2.45) is 0 Å². The van der Waals surface area contributed by atoms with Crippen LogP contribution in [0.4, 0.5) is 0 Å². The van der Waals surface area contributed by atoms with E-state index in [0.29, 0.717) is 18.7 Å². The van der Waals surface area contributed by atoms with Crippen molar-refractivity contribution in [3.05, 3.63) is 29.8 Å². The molecule has 0 bridgehead atoms. The summed E-state index contributed by atoms with van der Waals surface area (Å²) in [6.07, 6.45) is 0.194. The van der Waals surface area contributed by atoms with Crippen LogP contribution >= 0.6 is 0 Å². The molecule has 2 rings (SSSR count). The Morgan fingerprint density at radius 1 is 1.53 bits per heavy atom. The molecule has 1 fully saturated rings. The molecule has 1 aromatic carbocycles. The predicted molar refractivity (Wildman–Crippen MR) is 59.2 cm³/mol. The van der Waals surface area contributed by atoms with Crippen molar-refractivity contribution in [3.8, 4) is 5.75 Å². The molecule has 1 aliphatic heterocycles. The molecule has 3 nitrogen and oxygen atoms in total. The number of para-hydroxylation sites is 1. The molecule has 15 heavy (non-hydrogen) atoms. The minimum absolute atomic E-state index is 0.128. The zero-order valence-electron chi connectivity index (χ0n) is 11.4. The minimum Gasteiger partial charge on any atom is -0.496 e. The Morgan fingerprint density at radius 2 is 2.40 bits per heavy atom. The largest absolute Gasteiger partial charge is 0.496 e. The molecule has 1 saturated heterocycles. The first-order valence-corrected chi connectivity index (χ1v) is 5.14. The van der Waals surface area contributed by atoms with Gasteiger partial charge in [0.15, 0.2) is 0 Å². The van der Waals surface area contributed by atoms with Crippen molar-refractivity contribution in [1.82, 2.24) is 5.32 Å². The van der Waals surface area contributed by atoms with Gasteiger partial charge in [-0.2, -0.15) is 0 Å². The summed E-state index contributed by atoms with van der Waals surface area (Å²) in [6.45, 7) is 1.41. The fourth-order valence-corrected chi connectivity index (χ4v) is 2.04. The standard InChI is InChI=1S/C12H17NO2/c1-15-12-5-3-2-4-9(12)10-8-13-7-6-11(10)14/h2-5,10-11,13-14H,6-8H2,1H3/i1D3. The summed E-state index contributed by atoms with van der Waals surface area (Å²) in [5.41, 5.74) is 0.744. The zero-order valence-corrected chi connectivity index (χ0v) is 8.44. The van der Waals surface area contributed by atoms with Crippen LogP contribution in [0.2, 0.25) is 0 Å². The number of hydrogen-bond acceptors (Lipinski definition) is 3. The highest BCUT2D eigenvalue weighted by molar-refractivity contribution is 5.37. The summed E-state index contributed by atoms with van der Waals surface area (Å²) in [5.74, 6) is 0.197. The van der Waals surface area contributed by atoms with Gasteiger partial charge in [-0.3, -0.25) is 0 Å². The van der Waals surface area contributed by atoms with Crippen LogP contribution in [0.25, 0.3) is 0 Å². The highest BCUT2D eigenvalue weighted by Gasteiger charge is 2.26. The van der Waals surface area contributed by atoms with Gasteiger partial charge in [-0.1, -0.05) is 18.2 Å². The molecule has 0 radical (unpaired) electrons. The number of aliphatic hydroxyl groups excluding tert-OH is 1. The minimum atomic E-state index is -2.47. The van der Waals surface area contributed by atoms with E-state index in [9.17, 15) is 5.11 Å². The van der Waals surface area contributed by atoms with Gasteiger partial charge in [-0.15, -0.1) is 0 Å². The summed E-state index contributed by atoms with van der Waals surface area (Å²) < 4.78 is 26.5. The molecule has 1 aliphatic rings. The van der Waals surface area contributed by atoms with E-state index in [0.717, 1.165) is 12.1 Å². The maximum atomic E-state index is 10.0. The van der Waals surface area contributed by atoms with Gasteiger partial charge in [-0.05, 0) is 19.0 Å². The number of rotatable bonds is 2. The van der Waals surface area contributed by atoms with Crippen LogP contribution in [0.1, 0.15) is 22.0 Å². The first-order valence-electron chi connectivity index (χ1n) is 6.64. The second-order valence-electron chi connectivity index (χ2n) is 3.81. The third-order valence-electron chi connectivity index (χ3n) is 2.87. The third-order valence-corrected chi connectivity index (χ3v) is 2.87. The lowest BCUT2D eigenvalue weighted by Gasteiger charge is -2.29. The van der Waals surface area contributed by atoms with Gasteiger partial charge >= 0.3 is 0 Å². The van der Waals surface area contributed by atoms with Gasteiger partial charge in [0.05, 0.1) is 17.3 Å². The van der Waals surface area contributed by atoms with Crippen molar-refractivity contribution in [2.75, 3.05) is 20.1 Å². The van der Waals surface area contributed by atoms with Gasteiger partial charge < -0.3 is 15.2 Å². The van der Waals surface area contributed by atoms with Crippen LogP contribution < -0.4 is 10.1 Å². The monoisotopic (exact) mass is 210 g/mol. The first-order chi connectivity index (χ1) is 8.47. The van der Waals surface area contributed by atoms with E-state index in [-0.39, 0.29) is 5.92 Å². The average Bonchev–Trinajstić information content (AvgIpc) is 2.29. The van der Waals surface area contributed by atoms with Gasteiger partial charge in [0, 0.05) is 18.0 Å². The molecular formula is C12H17NO2. The van der Waals surface area contributed by atoms with Crippen molar-refractivity contribution in [3.63, 3.8) is 0 Å². The SMILES string of the molecule is [2H]C([2H])([2H])Oc1ccccc1C1CNCCC1O. The number of hydrogen-bond donors (Lipinski definition) is 2. The van der Waals surface area contributed by atoms with Crippen LogP contribution in [-0.2, 0) is 0 Å². The summed E-state index contributed by atoms with van der Waals surface area (Å²) in [4.78, 5) is 0. The van der Waals surface area contributed by atoms with Gasteiger partial charge in [0.2, 0.25) is 0 Å². The molecule has 1 aromatic rings. The van der Waals surface area contributed by atoms with E-state index in [1.165, 1.54) is 0 Å². The lowest BCUT2D eigenvalue weighted by atomic mass is 9.88. The van der Waals surface area contributed by atoms with E-state index in [4.69, 9.17) is 8.85 Å². The summed E-state index contributed by atoms with van der Waals surface area (Å²) in [5, 5.41) is 13.2. The summed E-state index contributed by atoms with van der Waals surface area (Å²) in [6, 6.07) is 6.99. The van der Waals surface area contributed by atoms with Crippen LogP contribution in [0.3, 0.4) is 0 Å². The molecule has 0 saturated carbocycles. The van der Waals surface area contributed by atoms with Crippen molar-refractivity contribution < 1.29 is 14.0 Å². The molecule has 3 heteroatoms. The molecule has 82 valence electrons. The molecule has 0 spiro atoms. The highest BCUT2D eigenvalue weighted by atomic mass is 16.5. The Labute approximate surface area is 94.3 Å². The fourth-order valence-electron chi connectivity index (χ4n) is 2.04. The van der Waals surface area contributed by atoms with Crippen molar-refractivity contribution in [1.29, 1.82) is 0 Å². The predicted octanol–water partition coefficient (Wildman–Crippen LogP) is 1.13. The Hall–Kier alpha value is -1.06. The van der Waals surface area contributed by atoms with Crippen molar-refractivity contribution in [2.45, 2.75) is 18.4 Å². The number of methoxy groups -OCH3 is 1. The Balaban J connectivity index is 2.26. The number of nitrogens with one attached hydrogen (secondary N) is 1. The average molecular weight is 210 g/mol. The van der Waals surface area contributed by atoms with Crippen LogP contribution in [0, 0.1) is 0 Å².